The Balaban J connectivity index is 2.20. The zero-order chi connectivity index (χ0) is 20.7. The van der Waals surface area contributed by atoms with Crippen molar-refractivity contribution in [3.05, 3.63) is 65.4 Å². The highest BCUT2D eigenvalue weighted by molar-refractivity contribution is 5.77. The van der Waals surface area contributed by atoms with Crippen molar-refractivity contribution in [3.8, 4) is 11.5 Å². The average Bonchev–Trinajstić information content (AvgIpc) is 2.63. The normalized spacial score (nSPS) is 13.5. The Hall–Kier alpha value is -3.36. The number of carboxylic acids is 1. The molecule has 0 bridgehead atoms. The van der Waals surface area contributed by atoms with Crippen LogP contribution in [0.4, 0.5) is 5.69 Å². The number of ether oxygens (including phenoxy) is 1. The number of nitrogens with two attached hydrogens (primary N) is 1. The fraction of sp³-hybridized carbons (Fsp3) is 0.200. The molecule has 0 spiro atoms. The zero-order valence-electron chi connectivity index (χ0n) is 15.3. The summed E-state index contributed by atoms with van der Waals surface area (Å²) < 4.78 is 5.64. The minimum Gasteiger partial charge on any atom is -0.508 e. The highest BCUT2D eigenvalue weighted by Gasteiger charge is 2.32. The number of hydrogen-bond donors (Lipinski definition) is 5. The number of aryl methyl sites for hydroxylation is 1. The molecule has 8 nitrogen and oxygen atoms in total. The number of phenolic OH excluding ortho intramolecular Hbond substituents is 1. The van der Waals surface area contributed by atoms with Gasteiger partial charge < -0.3 is 25.4 Å². The molecule has 0 heterocycles. The molecule has 28 heavy (non-hydrogen) atoms. The molecule has 0 aliphatic rings. The van der Waals surface area contributed by atoms with Gasteiger partial charge in [0.05, 0.1) is 5.70 Å². The van der Waals surface area contributed by atoms with Crippen molar-refractivity contribution < 1.29 is 29.6 Å². The predicted octanol–water partition coefficient (Wildman–Crippen LogP) is 1.55. The highest BCUT2D eigenvalue weighted by atomic mass is 16.5. The molecule has 0 aliphatic heterocycles. The van der Waals surface area contributed by atoms with Crippen LogP contribution in [0.3, 0.4) is 0 Å². The molecule has 0 aliphatic carbocycles. The number of rotatable bonds is 9. The van der Waals surface area contributed by atoms with E-state index in [1.165, 1.54) is 24.3 Å². The third-order valence-corrected chi connectivity index (χ3v) is 3.90. The van der Waals surface area contributed by atoms with Gasteiger partial charge in [-0.05, 0) is 30.7 Å². The van der Waals surface area contributed by atoms with Gasteiger partial charge in [-0.15, -0.1) is 0 Å². The van der Waals surface area contributed by atoms with Gasteiger partial charge in [-0.1, -0.05) is 23.8 Å². The molecule has 0 aromatic heterocycles. The van der Waals surface area contributed by atoms with E-state index in [4.69, 9.17) is 15.6 Å². The summed E-state index contributed by atoms with van der Waals surface area (Å²) in [5.41, 5.74) is 4.97. The summed E-state index contributed by atoms with van der Waals surface area (Å²) in [6.45, 7) is 1.96. The molecule has 148 valence electrons. The number of allylic oxidation sites excluding steroid dienone is 1. The van der Waals surface area contributed by atoms with Gasteiger partial charge in [0.25, 0.3) is 0 Å². The second-order valence-electron chi connectivity index (χ2n) is 6.30. The monoisotopic (exact) mass is 386 g/mol. The Morgan fingerprint density at radius 1 is 1.25 bits per heavy atom. The summed E-state index contributed by atoms with van der Waals surface area (Å²) in [4.78, 5) is 22.1. The van der Waals surface area contributed by atoms with Crippen molar-refractivity contribution in [2.75, 3.05) is 11.9 Å². The standard InChI is InChI=1S/C20H22N2O6/c1-13-2-6-17(7-3-13)28-12-15(8-9-23)22-18-10-16(24)5-4-14(18)11-20(21,27)19(25)26/h2-10,22,24,27H,11-12,21H2,1H3,(H,25,26)/t20-/m1/s1. The van der Waals surface area contributed by atoms with Gasteiger partial charge in [-0.3, -0.25) is 10.5 Å². The molecule has 2 rings (SSSR count). The quantitative estimate of drug-likeness (QED) is 0.248. The fourth-order valence-electron chi connectivity index (χ4n) is 2.38. The number of phenols is 1. The van der Waals surface area contributed by atoms with Gasteiger partial charge in [0.15, 0.2) is 0 Å². The van der Waals surface area contributed by atoms with E-state index in [0.717, 1.165) is 5.56 Å². The molecule has 0 radical (unpaired) electrons. The molecule has 6 N–H and O–H groups in total. The van der Waals surface area contributed by atoms with E-state index in [1.54, 1.807) is 12.1 Å². The number of benzene rings is 2. The molecule has 2 aromatic rings. The van der Waals surface area contributed by atoms with Crippen LogP contribution in [0.1, 0.15) is 11.1 Å². The minimum absolute atomic E-state index is 0.0166. The van der Waals surface area contributed by atoms with E-state index >= 15 is 0 Å². The lowest BCUT2D eigenvalue weighted by Crippen LogP contribution is -2.49. The summed E-state index contributed by atoms with van der Waals surface area (Å²) in [7, 11) is 0. The third-order valence-electron chi connectivity index (χ3n) is 3.90. The molecule has 0 saturated heterocycles. The van der Waals surface area contributed by atoms with E-state index in [-0.39, 0.29) is 18.0 Å². The van der Waals surface area contributed by atoms with Crippen LogP contribution >= 0.6 is 0 Å². The van der Waals surface area contributed by atoms with Gasteiger partial charge in [-0.25, -0.2) is 4.79 Å². The Morgan fingerprint density at radius 2 is 1.93 bits per heavy atom. The average molecular weight is 386 g/mol. The van der Waals surface area contributed by atoms with Gasteiger partial charge in [0, 0.05) is 24.3 Å². The smallest absolute Gasteiger partial charge is 0.351 e. The first-order valence-corrected chi connectivity index (χ1v) is 8.38. The first-order chi connectivity index (χ1) is 13.2. The van der Waals surface area contributed by atoms with Crippen LogP contribution in [0.15, 0.2) is 54.2 Å². The minimum atomic E-state index is -2.49. The number of nitrogens with one attached hydrogen (secondary N) is 1. The molecular formula is C20H22N2O6. The fourth-order valence-corrected chi connectivity index (χ4v) is 2.38. The SMILES string of the molecule is Cc1ccc(OCC(=CC=O)Nc2cc(O)ccc2C[C@@](N)(O)C(=O)O)cc1. The number of carboxylic acid groups (broad SMARTS) is 1. The number of carbonyl (C=O) groups is 2. The van der Waals surface area contributed by atoms with Gasteiger partial charge in [-0.2, -0.15) is 0 Å². The zero-order valence-corrected chi connectivity index (χ0v) is 15.3. The van der Waals surface area contributed by atoms with E-state index in [9.17, 15) is 19.8 Å². The van der Waals surface area contributed by atoms with Crippen molar-refractivity contribution in [3.63, 3.8) is 0 Å². The Morgan fingerprint density at radius 3 is 2.54 bits per heavy atom. The molecule has 0 unspecified atom stereocenters. The van der Waals surface area contributed by atoms with Gasteiger partial charge in [0.1, 0.15) is 24.4 Å². The Kier molecular flexibility index (Phi) is 6.75. The van der Waals surface area contributed by atoms with E-state index < -0.39 is 18.1 Å². The second-order valence-corrected chi connectivity index (χ2v) is 6.30. The summed E-state index contributed by atoms with van der Waals surface area (Å²) in [6, 6.07) is 11.4. The van der Waals surface area contributed by atoms with Crippen molar-refractivity contribution in [2.45, 2.75) is 19.1 Å². The molecule has 2 aromatic carbocycles. The van der Waals surface area contributed by atoms with Crippen LogP contribution in [0.25, 0.3) is 0 Å². The number of aliphatic carboxylic acids is 1. The van der Waals surface area contributed by atoms with Gasteiger partial charge in [0.2, 0.25) is 5.72 Å². The Bertz CT molecular complexity index is 875. The number of aliphatic hydroxyl groups is 1. The molecule has 0 fully saturated rings. The number of aldehydes is 1. The van der Waals surface area contributed by atoms with Crippen LogP contribution in [-0.4, -0.2) is 39.9 Å². The number of aromatic hydroxyl groups is 1. The molecule has 8 heteroatoms. The van der Waals surface area contributed by atoms with Crippen molar-refractivity contribution in [2.24, 2.45) is 5.73 Å². The van der Waals surface area contributed by atoms with Crippen molar-refractivity contribution in [1.82, 2.24) is 0 Å². The van der Waals surface area contributed by atoms with Crippen LogP contribution in [0.2, 0.25) is 0 Å². The summed E-state index contributed by atoms with van der Waals surface area (Å²) in [5.74, 6) is -1.08. The Labute approximate surface area is 161 Å². The predicted molar refractivity (Wildman–Crippen MR) is 103 cm³/mol. The van der Waals surface area contributed by atoms with Crippen molar-refractivity contribution >= 4 is 17.9 Å². The number of hydrogen-bond acceptors (Lipinski definition) is 7. The first kappa shape index (κ1) is 20.9. The second kappa shape index (κ2) is 9.03. The van der Waals surface area contributed by atoms with Crippen LogP contribution in [0, 0.1) is 6.92 Å². The van der Waals surface area contributed by atoms with Crippen LogP contribution < -0.4 is 15.8 Å². The molecule has 0 saturated carbocycles. The van der Waals surface area contributed by atoms with E-state index in [1.807, 2.05) is 19.1 Å². The molecular weight excluding hydrogens is 364 g/mol. The molecule has 1 atom stereocenters. The lowest BCUT2D eigenvalue weighted by molar-refractivity contribution is -0.157. The number of anilines is 1. The first-order valence-electron chi connectivity index (χ1n) is 8.38. The maximum absolute atomic E-state index is 11.1. The third kappa shape index (κ3) is 5.83. The lowest BCUT2D eigenvalue weighted by Gasteiger charge is -2.21. The van der Waals surface area contributed by atoms with E-state index in [0.29, 0.717) is 23.3 Å². The summed E-state index contributed by atoms with van der Waals surface area (Å²) in [5, 5.41) is 31.5. The van der Waals surface area contributed by atoms with Crippen LogP contribution in [-0.2, 0) is 16.0 Å². The summed E-state index contributed by atoms with van der Waals surface area (Å²) in [6.07, 6.45) is 1.39. The van der Waals surface area contributed by atoms with E-state index in [2.05, 4.69) is 5.32 Å². The lowest BCUT2D eigenvalue weighted by atomic mass is 10.0. The highest BCUT2D eigenvalue weighted by Crippen LogP contribution is 2.26. The van der Waals surface area contributed by atoms with Crippen LogP contribution in [0.5, 0.6) is 11.5 Å². The van der Waals surface area contributed by atoms with Gasteiger partial charge >= 0.3 is 5.97 Å². The molecule has 0 amide bonds. The maximum Gasteiger partial charge on any atom is 0.351 e. The van der Waals surface area contributed by atoms with Crippen molar-refractivity contribution in [1.29, 1.82) is 0 Å². The topological polar surface area (TPSA) is 142 Å². The largest absolute Gasteiger partial charge is 0.508 e. The maximum atomic E-state index is 11.1. The summed E-state index contributed by atoms with van der Waals surface area (Å²) >= 11 is 0. The number of carbonyl (C=O) groups excluding carboxylic acids is 1.